The molecule has 0 bridgehead atoms. The first-order chi connectivity index (χ1) is 11.7. The van der Waals surface area contributed by atoms with Gasteiger partial charge in [0.25, 0.3) is 0 Å². The van der Waals surface area contributed by atoms with Crippen LogP contribution in [0.25, 0.3) is 5.65 Å². The highest BCUT2D eigenvalue weighted by Crippen LogP contribution is 2.22. The molecular formula is C18H23IN6. The van der Waals surface area contributed by atoms with Gasteiger partial charge in [-0.3, -0.25) is 4.40 Å². The number of anilines is 1. The molecule has 2 aromatic heterocycles. The molecule has 0 aliphatic rings. The van der Waals surface area contributed by atoms with Crippen LogP contribution in [0.5, 0.6) is 0 Å². The van der Waals surface area contributed by atoms with Gasteiger partial charge in [-0.05, 0) is 36.1 Å². The summed E-state index contributed by atoms with van der Waals surface area (Å²) in [7, 11) is 0. The Hall–Kier alpha value is -2.16. The first kappa shape index (κ1) is 19.2. The van der Waals surface area contributed by atoms with Gasteiger partial charge in [0.15, 0.2) is 17.4 Å². The Kier molecular flexibility index (Phi) is 6.74. The van der Waals surface area contributed by atoms with Crippen molar-refractivity contribution in [3.05, 3.63) is 59.5 Å². The first-order valence-corrected chi connectivity index (χ1v) is 8.19. The van der Waals surface area contributed by atoms with Gasteiger partial charge in [-0.15, -0.1) is 34.2 Å². The fraction of sp³-hybridized carbons (Fsp3) is 0.278. The number of rotatable bonds is 5. The molecule has 3 rings (SSSR count). The Morgan fingerprint density at radius 3 is 2.48 bits per heavy atom. The van der Waals surface area contributed by atoms with Crippen LogP contribution in [0.2, 0.25) is 0 Å². The van der Waals surface area contributed by atoms with E-state index in [1.165, 1.54) is 11.1 Å². The Morgan fingerprint density at radius 1 is 1.08 bits per heavy atom. The predicted molar refractivity (Wildman–Crippen MR) is 113 cm³/mol. The maximum Gasteiger partial charge on any atom is 0.193 e. The second-order valence-corrected chi connectivity index (χ2v) is 5.53. The van der Waals surface area contributed by atoms with E-state index in [1.54, 1.807) is 0 Å². The van der Waals surface area contributed by atoms with Gasteiger partial charge in [-0.1, -0.05) is 38.1 Å². The molecular weight excluding hydrogens is 427 g/mol. The summed E-state index contributed by atoms with van der Waals surface area (Å²) in [6, 6.07) is 12.1. The van der Waals surface area contributed by atoms with Gasteiger partial charge in [0.1, 0.15) is 6.54 Å². The van der Waals surface area contributed by atoms with Crippen LogP contribution in [0.1, 0.15) is 30.8 Å². The molecule has 0 fully saturated rings. The molecule has 1 aromatic carbocycles. The van der Waals surface area contributed by atoms with E-state index in [4.69, 9.17) is 5.73 Å². The number of hydrogen-bond donors (Lipinski definition) is 2. The lowest BCUT2D eigenvalue weighted by Crippen LogP contribution is -2.24. The largest absolute Gasteiger partial charge is 0.370 e. The fourth-order valence-electron chi connectivity index (χ4n) is 2.73. The average Bonchev–Trinajstić information content (AvgIpc) is 3.03. The lowest BCUT2D eigenvalue weighted by atomic mass is 10.0. The maximum atomic E-state index is 6.10. The third-order valence-electron chi connectivity index (χ3n) is 4.03. The molecule has 0 saturated carbocycles. The molecule has 0 unspecified atom stereocenters. The van der Waals surface area contributed by atoms with Gasteiger partial charge in [0.2, 0.25) is 0 Å². The van der Waals surface area contributed by atoms with Crippen molar-refractivity contribution in [2.75, 3.05) is 5.32 Å². The highest BCUT2D eigenvalue weighted by Gasteiger charge is 2.08. The molecule has 0 radical (unpaired) electrons. The number of aliphatic imine (C=N–C) groups is 1. The van der Waals surface area contributed by atoms with Crippen LogP contribution < -0.4 is 11.1 Å². The van der Waals surface area contributed by atoms with Crippen LogP contribution in [0.3, 0.4) is 0 Å². The minimum atomic E-state index is 0. The number of fused-ring (bicyclic) bond motifs is 1. The van der Waals surface area contributed by atoms with Crippen LogP contribution in [0, 0.1) is 0 Å². The monoisotopic (exact) mass is 450 g/mol. The zero-order valence-electron chi connectivity index (χ0n) is 14.4. The zero-order valence-corrected chi connectivity index (χ0v) is 16.8. The molecule has 0 spiro atoms. The first-order valence-electron chi connectivity index (χ1n) is 8.19. The van der Waals surface area contributed by atoms with E-state index in [-0.39, 0.29) is 24.0 Å². The van der Waals surface area contributed by atoms with E-state index in [0.717, 1.165) is 30.0 Å². The normalized spacial score (nSPS) is 11.4. The Balaban J connectivity index is 0.00000225. The van der Waals surface area contributed by atoms with Crippen molar-refractivity contribution in [1.29, 1.82) is 0 Å². The lowest BCUT2D eigenvalue weighted by Gasteiger charge is -2.14. The van der Waals surface area contributed by atoms with Crippen LogP contribution >= 0.6 is 24.0 Å². The summed E-state index contributed by atoms with van der Waals surface area (Å²) in [6.45, 7) is 4.64. The highest BCUT2D eigenvalue weighted by molar-refractivity contribution is 14.0. The number of aryl methyl sites for hydroxylation is 2. The number of nitrogens with one attached hydrogen (secondary N) is 1. The summed E-state index contributed by atoms with van der Waals surface area (Å²) >= 11 is 0. The Bertz CT molecular complexity index is 849. The molecule has 2 heterocycles. The SMILES string of the molecule is CCc1cccc(CC)c1NC(N)=NCc1nnc2ccccn12.I. The van der Waals surface area contributed by atoms with Gasteiger partial charge < -0.3 is 11.1 Å². The van der Waals surface area contributed by atoms with Gasteiger partial charge in [-0.25, -0.2) is 4.99 Å². The molecule has 0 amide bonds. The number of nitrogens with zero attached hydrogens (tertiary/aromatic N) is 4. The quantitative estimate of drug-likeness (QED) is 0.355. The third kappa shape index (κ3) is 4.28. The van der Waals surface area contributed by atoms with Crippen LogP contribution in [0.15, 0.2) is 47.6 Å². The van der Waals surface area contributed by atoms with Crippen molar-refractivity contribution in [3.8, 4) is 0 Å². The number of para-hydroxylation sites is 1. The van der Waals surface area contributed by atoms with Gasteiger partial charge in [-0.2, -0.15) is 0 Å². The summed E-state index contributed by atoms with van der Waals surface area (Å²) in [5.41, 5.74) is 10.4. The zero-order chi connectivity index (χ0) is 16.9. The Morgan fingerprint density at radius 2 is 1.80 bits per heavy atom. The summed E-state index contributed by atoms with van der Waals surface area (Å²) in [5.74, 6) is 1.15. The second kappa shape index (κ2) is 8.80. The fourth-order valence-corrected chi connectivity index (χ4v) is 2.73. The molecule has 0 aliphatic heterocycles. The van der Waals surface area contributed by atoms with Crippen LogP contribution in [-0.4, -0.2) is 20.6 Å². The number of pyridine rings is 1. The molecule has 0 aliphatic carbocycles. The molecule has 25 heavy (non-hydrogen) atoms. The van der Waals surface area contributed by atoms with E-state index < -0.39 is 0 Å². The summed E-state index contributed by atoms with van der Waals surface area (Å²) in [6.07, 6.45) is 3.81. The maximum absolute atomic E-state index is 6.10. The van der Waals surface area contributed by atoms with Gasteiger partial charge in [0.05, 0.1) is 0 Å². The predicted octanol–water partition coefficient (Wildman–Crippen LogP) is 3.40. The topological polar surface area (TPSA) is 80.6 Å². The molecule has 3 N–H and O–H groups in total. The Labute approximate surface area is 164 Å². The van der Waals surface area contributed by atoms with Crippen molar-refractivity contribution in [2.24, 2.45) is 10.7 Å². The van der Waals surface area contributed by atoms with Crippen molar-refractivity contribution in [3.63, 3.8) is 0 Å². The van der Waals surface area contributed by atoms with E-state index >= 15 is 0 Å². The van der Waals surface area contributed by atoms with E-state index in [0.29, 0.717) is 12.5 Å². The highest BCUT2D eigenvalue weighted by atomic mass is 127. The molecule has 0 atom stereocenters. The number of guanidine groups is 1. The lowest BCUT2D eigenvalue weighted by molar-refractivity contribution is 0.881. The van der Waals surface area contributed by atoms with Crippen molar-refractivity contribution in [1.82, 2.24) is 14.6 Å². The van der Waals surface area contributed by atoms with E-state index in [1.807, 2.05) is 28.8 Å². The number of nitrogens with two attached hydrogens (primary N) is 1. The van der Waals surface area contributed by atoms with Crippen LogP contribution in [-0.2, 0) is 19.4 Å². The number of benzene rings is 1. The average molecular weight is 450 g/mol. The molecule has 0 saturated heterocycles. The van der Waals surface area contributed by atoms with Crippen molar-refractivity contribution in [2.45, 2.75) is 33.2 Å². The summed E-state index contributed by atoms with van der Waals surface area (Å²) in [5, 5.41) is 11.5. The van der Waals surface area contributed by atoms with Crippen LogP contribution in [0.4, 0.5) is 5.69 Å². The number of halogens is 1. The number of hydrogen-bond acceptors (Lipinski definition) is 3. The molecule has 6 nitrogen and oxygen atoms in total. The van der Waals surface area contributed by atoms with Gasteiger partial charge in [0, 0.05) is 11.9 Å². The third-order valence-corrected chi connectivity index (χ3v) is 4.03. The summed E-state index contributed by atoms with van der Waals surface area (Å²) < 4.78 is 1.91. The minimum absolute atomic E-state index is 0. The second-order valence-electron chi connectivity index (χ2n) is 5.53. The molecule has 7 heteroatoms. The van der Waals surface area contributed by atoms with Gasteiger partial charge >= 0.3 is 0 Å². The van der Waals surface area contributed by atoms with E-state index in [2.05, 4.69) is 52.6 Å². The van der Waals surface area contributed by atoms with Crippen molar-refractivity contribution >= 4 is 41.3 Å². The smallest absolute Gasteiger partial charge is 0.193 e. The molecule has 132 valence electrons. The summed E-state index contributed by atoms with van der Waals surface area (Å²) in [4.78, 5) is 4.42. The minimum Gasteiger partial charge on any atom is -0.370 e. The number of aromatic nitrogens is 3. The standard InChI is InChI=1S/C18H22N6.HI/c1-3-13-8-7-9-14(4-2)17(13)21-18(19)20-12-16-23-22-15-10-5-6-11-24(15)16;/h5-11H,3-4,12H2,1-2H3,(H3,19,20,21);1H. The molecule has 3 aromatic rings. The van der Waals surface area contributed by atoms with Crippen molar-refractivity contribution < 1.29 is 0 Å². The van der Waals surface area contributed by atoms with E-state index in [9.17, 15) is 0 Å².